The fraction of sp³-hybridized carbons (Fsp3) is 0.400. The number of benzene rings is 2. The van der Waals surface area contributed by atoms with Crippen LogP contribution in [0.15, 0.2) is 48.5 Å². The number of rotatable bonds is 5. The van der Waals surface area contributed by atoms with Gasteiger partial charge in [0.1, 0.15) is 5.82 Å². The molecule has 2 saturated heterocycles. The Morgan fingerprint density at radius 3 is 2.36 bits per heavy atom. The Morgan fingerprint density at radius 2 is 1.67 bits per heavy atom. The zero-order valence-electron chi connectivity index (χ0n) is 18.8. The maximum Gasteiger partial charge on any atom is 0.321 e. The van der Waals surface area contributed by atoms with Gasteiger partial charge in [-0.25, -0.2) is 9.18 Å². The van der Waals surface area contributed by atoms with Crippen LogP contribution >= 0.6 is 0 Å². The van der Waals surface area contributed by atoms with Gasteiger partial charge in [0.05, 0.1) is 0 Å². The number of nitrogens with one attached hydrogen (secondary N) is 1. The summed E-state index contributed by atoms with van der Waals surface area (Å²) in [4.78, 5) is 43.1. The number of carbonyl (C=O) groups is 3. The van der Waals surface area contributed by atoms with Crippen LogP contribution in [0.5, 0.6) is 0 Å². The minimum absolute atomic E-state index is 0.0543. The summed E-state index contributed by atoms with van der Waals surface area (Å²) in [5.74, 6) is -1.36. The van der Waals surface area contributed by atoms with E-state index in [1.54, 1.807) is 21.9 Å². The average molecular weight is 453 g/mol. The Balaban J connectivity index is 1.30. The number of aryl methyl sites for hydroxylation is 1. The van der Waals surface area contributed by atoms with Crippen LogP contribution in [0.25, 0.3) is 0 Å². The Labute approximate surface area is 193 Å². The fourth-order valence-electron chi connectivity index (χ4n) is 4.52. The lowest BCUT2D eigenvalue weighted by Gasteiger charge is -2.42. The standard InChI is InChI=1S/C25H29FN4O3/c1-2-19-5-3-4-6-22(19)27-25(33)28-13-11-21(12-14-28)30-16-15-29(23(31)24(30)32)17-18-7-9-20(26)10-8-18/h3-10,21H,2,11-17H2,1H3,(H,27,33). The zero-order chi connectivity index (χ0) is 23.4. The highest BCUT2D eigenvalue weighted by molar-refractivity contribution is 6.35. The highest BCUT2D eigenvalue weighted by atomic mass is 19.1. The van der Waals surface area contributed by atoms with Crippen LogP contribution in [0.2, 0.25) is 0 Å². The molecule has 2 aromatic rings. The molecule has 7 nitrogen and oxygen atoms in total. The predicted octanol–water partition coefficient (Wildman–Crippen LogP) is 3.26. The zero-order valence-corrected chi connectivity index (χ0v) is 18.8. The molecule has 2 aliphatic heterocycles. The lowest BCUT2D eigenvalue weighted by molar-refractivity contribution is -0.158. The lowest BCUT2D eigenvalue weighted by Crippen LogP contribution is -2.59. The number of piperidine rings is 1. The summed E-state index contributed by atoms with van der Waals surface area (Å²) >= 11 is 0. The topological polar surface area (TPSA) is 73.0 Å². The number of anilines is 1. The number of hydrogen-bond donors (Lipinski definition) is 1. The second-order valence-corrected chi connectivity index (χ2v) is 8.51. The summed E-state index contributed by atoms with van der Waals surface area (Å²) in [5, 5.41) is 3.00. The molecule has 0 spiro atoms. The number of piperazine rings is 1. The molecule has 2 aliphatic rings. The molecule has 0 atom stereocenters. The van der Waals surface area contributed by atoms with E-state index in [1.807, 2.05) is 31.2 Å². The molecule has 0 aromatic heterocycles. The van der Waals surface area contributed by atoms with E-state index in [2.05, 4.69) is 5.32 Å². The molecule has 2 heterocycles. The van der Waals surface area contributed by atoms with Crippen LogP contribution in [0.4, 0.5) is 14.9 Å². The molecule has 2 fully saturated rings. The Morgan fingerprint density at radius 1 is 0.970 bits per heavy atom. The van der Waals surface area contributed by atoms with Gasteiger partial charge in [0, 0.05) is 44.5 Å². The third-order valence-electron chi connectivity index (χ3n) is 6.46. The number of carbonyl (C=O) groups excluding carboxylic acids is 3. The molecule has 0 aliphatic carbocycles. The minimum atomic E-state index is -0.526. The third-order valence-corrected chi connectivity index (χ3v) is 6.46. The highest BCUT2D eigenvalue weighted by Gasteiger charge is 2.38. The molecule has 4 rings (SSSR count). The van der Waals surface area contributed by atoms with E-state index >= 15 is 0 Å². The maximum absolute atomic E-state index is 13.1. The first-order chi connectivity index (χ1) is 16.0. The quantitative estimate of drug-likeness (QED) is 0.708. The number of nitrogens with zero attached hydrogens (tertiary/aromatic N) is 3. The third kappa shape index (κ3) is 5.16. The molecule has 8 heteroatoms. The number of halogens is 1. The number of likely N-dealkylation sites (tertiary alicyclic amines) is 1. The van der Waals surface area contributed by atoms with Crippen LogP contribution in [0, 0.1) is 5.82 Å². The molecule has 0 bridgehead atoms. The van der Waals surface area contributed by atoms with Gasteiger partial charge in [-0.05, 0) is 48.6 Å². The van der Waals surface area contributed by atoms with Gasteiger partial charge in [-0.3, -0.25) is 9.59 Å². The lowest BCUT2D eigenvalue weighted by atomic mass is 10.0. The number of hydrogen-bond acceptors (Lipinski definition) is 3. The van der Waals surface area contributed by atoms with Crippen molar-refractivity contribution < 1.29 is 18.8 Å². The highest BCUT2D eigenvalue weighted by Crippen LogP contribution is 2.22. The minimum Gasteiger partial charge on any atom is -0.330 e. The van der Waals surface area contributed by atoms with Gasteiger partial charge in [-0.2, -0.15) is 0 Å². The molecule has 33 heavy (non-hydrogen) atoms. The van der Waals surface area contributed by atoms with Gasteiger partial charge >= 0.3 is 17.8 Å². The fourth-order valence-corrected chi connectivity index (χ4v) is 4.52. The Kier molecular flexibility index (Phi) is 6.91. The van der Waals surface area contributed by atoms with Gasteiger partial charge in [0.2, 0.25) is 0 Å². The van der Waals surface area contributed by atoms with Crippen molar-refractivity contribution in [2.75, 3.05) is 31.5 Å². The van der Waals surface area contributed by atoms with Crippen LogP contribution in [-0.4, -0.2) is 64.8 Å². The van der Waals surface area contributed by atoms with E-state index in [4.69, 9.17) is 0 Å². The smallest absolute Gasteiger partial charge is 0.321 e. The summed E-state index contributed by atoms with van der Waals surface area (Å²) in [6.45, 7) is 4.30. The molecule has 4 amide bonds. The first-order valence-electron chi connectivity index (χ1n) is 11.4. The summed E-state index contributed by atoms with van der Waals surface area (Å²) in [7, 11) is 0. The van der Waals surface area contributed by atoms with E-state index in [9.17, 15) is 18.8 Å². The van der Waals surface area contributed by atoms with Crippen LogP contribution in [0.3, 0.4) is 0 Å². The molecule has 0 saturated carbocycles. The van der Waals surface area contributed by atoms with Crippen molar-refractivity contribution >= 4 is 23.5 Å². The number of para-hydroxylation sites is 1. The van der Waals surface area contributed by atoms with Crippen molar-refractivity contribution in [2.45, 2.75) is 38.8 Å². The SMILES string of the molecule is CCc1ccccc1NC(=O)N1CCC(N2CCN(Cc3ccc(F)cc3)C(=O)C2=O)CC1. The summed E-state index contributed by atoms with van der Waals surface area (Å²) < 4.78 is 13.1. The Hall–Kier alpha value is -3.42. The summed E-state index contributed by atoms with van der Waals surface area (Å²) in [5.41, 5.74) is 2.70. The van der Waals surface area contributed by atoms with E-state index in [0.717, 1.165) is 23.2 Å². The first-order valence-corrected chi connectivity index (χ1v) is 11.4. The number of amides is 4. The molecular formula is C25H29FN4O3. The normalized spacial score (nSPS) is 17.5. The van der Waals surface area contributed by atoms with E-state index in [1.165, 1.54) is 17.0 Å². The van der Waals surface area contributed by atoms with Gasteiger partial charge in [0.25, 0.3) is 0 Å². The van der Waals surface area contributed by atoms with Crippen molar-refractivity contribution in [3.63, 3.8) is 0 Å². The van der Waals surface area contributed by atoms with Gasteiger partial charge < -0.3 is 20.0 Å². The van der Waals surface area contributed by atoms with E-state index in [0.29, 0.717) is 39.0 Å². The molecule has 0 radical (unpaired) electrons. The van der Waals surface area contributed by atoms with Crippen LogP contribution in [0.1, 0.15) is 30.9 Å². The molecule has 0 unspecified atom stereocenters. The van der Waals surface area contributed by atoms with Crippen molar-refractivity contribution in [1.82, 2.24) is 14.7 Å². The second-order valence-electron chi connectivity index (χ2n) is 8.51. The van der Waals surface area contributed by atoms with Crippen LogP contribution < -0.4 is 5.32 Å². The largest absolute Gasteiger partial charge is 0.330 e. The summed E-state index contributed by atoms with van der Waals surface area (Å²) in [6.07, 6.45) is 2.11. The molecule has 1 N–H and O–H groups in total. The van der Waals surface area contributed by atoms with Crippen molar-refractivity contribution in [3.05, 3.63) is 65.5 Å². The first kappa shape index (κ1) is 22.8. The van der Waals surface area contributed by atoms with E-state index < -0.39 is 11.8 Å². The molecule has 2 aromatic carbocycles. The van der Waals surface area contributed by atoms with E-state index in [-0.39, 0.29) is 24.4 Å². The summed E-state index contributed by atoms with van der Waals surface area (Å²) in [6, 6.07) is 13.5. The molecule has 174 valence electrons. The maximum atomic E-state index is 13.1. The molecular weight excluding hydrogens is 423 g/mol. The van der Waals surface area contributed by atoms with Crippen LogP contribution in [-0.2, 0) is 22.6 Å². The van der Waals surface area contributed by atoms with Gasteiger partial charge in [0.15, 0.2) is 0 Å². The number of urea groups is 1. The van der Waals surface area contributed by atoms with Gasteiger partial charge in [-0.15, -0.1) is 0 Å². The Bertz CT molecular complexity index is 1020. The monoisotopic (exact) mass is 452 g/mol. The van der Waals surface area contributed by atoms with Gasteiger partial charge in [-0.1, -0.05) is 37.3 Å². The van der Waals surface area contributed by atoms with Crippen molar-refractivity contribution in [2.24, 2.45) is 0 Å². The predicted molar refractivity (Wildman–Crippen MR) is 123 cm³/mol. The van der Waals surface area contributed by atoms with Crippen molar-refractivity contribution in [3.8, 4) is 0 Å². The van der Waals surface area contributed by atoms with Crippen molar-refractivity contribution in [1.29, 1.82) is 0 Å². The second kappa shape index (κ2) is 10.0. The average Bonchev–Trinajstić information content (AvgIpc) is 2.84.